The van der Waals surface area contributed by atoms with Crippen molar-refractivity contribution < 1.29 is 81.3 Å². The summed E-state index contributed by atoms with van der Waals surface area (Å²) in [5.74, 6) is -18.1. The minimum absolute atomic E-state index is 0.00107. The summed E-state index contributed by atoms with van der Waals surface area (Å²) in [6, 6.07) is -17.8. The minimum Gasteiger partial charge on any atom is -0.394 e. The Balaban J connectivity index is 1.73. The van der Waals surface area contributed by atoms with E-state index in [2.05, 4.69) is 58.5 Å². The van der Waals surface area contributed by atoms with Crippen molar-refractivity contribution in [2.75, 3.05) is 46.4 Å². The molecule has 4 aliphatic heterocycles. The van der Waals surface area contributed by atoms with Crippen LogP contribution in [0.15, 0.2) is 0 Å². The van der Waals surface area contributed by atoms with Crippen LogP contribution in [0.1, 0.15) is 160 Å². The van der Waals surface area contributed by atoms with Crippen molar-refractivity contribution in [3.8, 4) is 0 Å². The Kier molecular flexibility index (Phi) is 30.4. The van der Waals surface area contributed by atoms with Gasteiger partial charge in [-0.1, -0.05) is 103 Å². The second-order valence-corrected chi connectivity index (χ2v) is 32.2. The minimum atomic E-state index is -3.33. The van der Waals surface area contributed by atoms with Gasteiger partial charge in [-0.15, -0.1) is 0 Å². The SMILES string of the molecule is CC[C@H](C)[C@H](NC(=O)[C@H](C)NC)C(=O)N[C@H]1SSC(C)(C)[C@@H](C(=O)N[C@H](C(=O)N2CCC[C@H]2C(N)=O)[C@@H](C)CC)NC(=O)[C@H]([C@@H](C)CC)NC(=O)[C@@H]2C[C@@]3(CN2C(=O)[C@@H]2CCCN2C(=O)[C@H](CC(C)(C)C)NC(=O)[C@H](CO)NC(=O)[C@H](CCCNC(=N)N)NC(=O)[C@H](CO)NC1=O)CC3(F)F. The number of alkyl halides is 2. The van der Waals surface area contributed by atoms with Crippen LogP contribution in [-0.4, -0.2) is 243 Å². The molecule has 0 aromatic rings. The maximum Gasteiger partial charge on any atom is 0.256 e. The third kappa shape index (κ3) is 21.7. The van der Waals surface area contributed by atoms with Crippen molar-refractivity contribution in [1.29, 1.82) is 5.41 Å². The van der Waals surface area contributed by atoms with E-state index in [4.69, 9.17) is 16.9 Å². The van der Waals surface area contributed by atoms with Gasteiger partial charge in [-0.3, -0.25) is 67.7 Å². The van der Waals surface area contributed by atoms with Crippen molar-refractivity contribution in [3.63, 3.8) is 0 Å². The van der Waals surface area contributed by atoms with Crippen molar-refractivity contribution in [2.24, 2.45) is 40.1 Å². The summed E-state index contributed by atoms with van der Waals surface area (Å²) in [5.41, 5.74) is 8.64. The summed E-state index contributed by atoms with van der Waals surface area (Å²) in [4.78, 5) is 193. The summed E-state index contributed by atoms with van der Waals surface area (Å²) in [7, 11) is 2.81. The van der Waals surface area contributed by atoms with Crippen LogP contribution in [0.2, 0.25) is 0 Å². The number of aliphatic hydroxyl groups excluding tert-OH is 2. The lowest BCUT2D eigenvalue weighted by Gasteiger charge is -2.38. The second kappa shape index (κ2) is 36.3. The number of amides is 13. The number of rotatable bonds is 22. The van der Waals surface area contributed by atoms with Crippen LogP contribution >= 0.6 is 21.6 Å². The van der Waals surface area contributed by atoms with Crippen molar-refractivity contribution in [1.82, 2.24) is 73.2 Å². The van der Waals surface area contributed by atoms with Crippen LogP contribution in [0.5, 0.6) is 0 Å². The highest BCUT2D eigenvalue weighted by atomic mass is 33.1. The highest BCUT2D eigenvalue weighted by Crippen LogP contribution is 2.66. The van der Waals surface area contributed by atoms with Gasteiger partial charge >= 0.3 is 0 Å². The number of nitrogens with zero attached hydrogens (tertiary/aromatic N) is 3. The molecule has 0 unspecified atom stereocenters. The first-order valence-electron chi connectivity index (χ1n) is 34.8. The van der Waals surface area contributed by atoms with Crippen LogP contribution in [0.3, 0.4) is 0 Å². The van der Waals surface area contributed by atoms with Gasteiger partial charge in [-0.25, -0.2) is 8.78 Å². The molecule has 17 atom stereocenters. The molecule has 0 bridgehead atoms. The normalized spacial score (nSPS) is 29.1. The molecule has 5 rings (SSSR count). The van der Waals surface area contributed by atoms with Gasteiger partial charge in [-0.05, 0) is 102 Å². The number of carbonyl (C=O) groups is 13. The molecule has 1 saturated carbocycles. The number of guanidine groups is 1. The average Bonchev–Trinajstić information content (AvgIpc) is 1.53. The Bertz CT molecular complexity index is 3060. The molecule has 4 saturated heterocycles. The highest BCUT2D eigenvalue weighted by Gasteiger charge is 2.75. The van der Waals surface area contributed by atoms with Gasteiger partial charge < -0.3 is 94.9 Å². The summed E-state index contributed by atoms with van der Waals surface area (Å²) in [6.07, 6.45) is 0.0259. The molecule has 13 amide bonds. The molecule has 4 heterocycles. The first-order chi connectivity index (χ1) is 47.2. The van der Waals surface area contributed by atoms with E-state index in [1.54, 1.807) is 62.3 Å². The highest BCUT2D eigenvalue weighted by molar-refractivity contribution is 8.77. The summed E-state index contributed by atoms with van der Waals surface area (Å²) in [5, 5.41) is 56.2. The van der Waals surface area contributed by atoms with E-state index < -0.39 is 232 Å². The van der Waals surface area contributed by atoms with Crippen molar-refractivity contribution in [2.45, 2.75) is 249 Å². The molecule has 1 spiro atoms. The number of fused-ring (bicyclic) bond motifs is 2. The largest absolute Gasteiger partial charge is 0.394 e. The standard InChI is InChI=1S/C65H109F2N17O15S2/c1-14-32(4)43-53(93)80-46(55(95)79-45(34(6)16-3)60(99)82-24-18-21-40(82)47(68)87)63(11,12)101-100-57(81-54(94)44(33(5)15-2)77-48(88)35(7)71-13)56(96)76-39(29-86)50(90)73-36(20-17-23-72-61(69)70)49(89)75-38(28-85)51(91)74-37(26-62(8,9)10)58(97)83-25-19-22-41(83)59(98)84-31-64(30-65(64,66)67)27-42(84)52(92)78-43/h32-46,57,71,85-86H,14-31H2,1-13H3,(H2,68,87)(H,73,90)(H,74,91)(H,75,89)(H,76,96)(H,77,88)(H,78,92)(H,79,95)(H,80,93)(H,81,94)(H4,69,70,72)/t32-,33-,34-,35-,36-,37-,38-,39-,40-,41-,42-,43-,44-,45-,46+,57-,64-/m0/s1. The Morgan fingerprint density at radius 1 is 0.703 bits per heavy atom. The van der Waals surface area contributed by atoms with Crippen LogP contribution in [0.25, 0.3) is 0 Å². The molecular weight excluding hydrogens is 1360 g/mol. The Hall–Kier alpha value is -7.18. The number of nitrogens with one attached hydrogen (secondary N) is 12. The third-order valence-electron chi connectivity index (χ3n) is 19.9. The molecule has 0 aromatic heterocycles. The van der Waals surface area contributed by atoms with E-state index in [1.165, 1.54) is 37.6 Å². The number of halogens is 2. The topological polar surface area (TPSA) is 480 Å². The Morgan fingerprint density at radius 3 is 1.81 bits per heavy atom. The molecule has 0 aromatic carbocycles. The molecule has 101 heavy (non-hydrogen) atoms. The van der Waals surface area contributed by atoms with E-state index in [0.717, 1.165) is 15.7 Å². The molecule has 0 radical (unpaired) electrons. The van der Waals surface area contributed by atoms with Crippen molar-refractivity contribution >= 4 is 104 Å². The number of likely N-dealkylation sites (tertiary alicyclic amines) is 1. The molecular formula is C65H109F2N17O15S2. The van der Waals surface area contributed by atoms with Crippen LogP contribution in [-0.2, 0) is 62.3 Å². The zero-order chi connectivity index (χ0) is 76.0. The zero-order valence-corrected chi connectivity index (χ0v) is 61.9. The van der Waals surface area contributed by atoms with Gasteiger partial charge in [0.2, 0.25) is 70.9 Å². The first-order valence-corrected chi connectivity index (χ1v) is 37.0. The third-order valence-corrected chi connectivity index (χ3v) is 23.3. The van der Waals surface area contributed by atoms with E-state index >= 15 is 32.8 Å². The average molecular weight is 1470 g/mol. The van der Waals surface area contributed by atoms with Crippen LogP contribution in [0, 0.1) is 34.0 Å². The zero-order valence-electron chi connectivity index (χ0n) is 60.2. The molecule has 570 valence electrons. The summed E-state index contributed by atoms with van der Waals surface area (Å²) >= 11 is 0. The first kappa shape index (κ1) is 84.5. The number of carbonyl (C=O) groups excluding carboxylic acids is 13. The lowest BCUT2D eigenvalue weighted by atomic mass is 9.87. The summed E-state index contributed by atoms with van der Waals surface area (Å²) < 4.78 is 29.7. The number of hydrogen-bond acceptors (Lipinski definition) is 19. The number of nitrogens with two attached hydrogens (primary N) is 2. The summed E-state index contributed by atoms with van der Waals surface area (Å²) in [6.45, 7) is 17.0. The van der Waals surface area contributed by atoms with Gasteiger partial charge in [0.1, 0.15) is 66.5 Å². The second-order valence-electron chi connectivity index (χ2n) is 29.2. The number of primary amides is 1. The lowest BCUT2D eigenvalue weighted by molar-refractivity contribution is -0.148. The fourth-order valence-electron chi connectivity index (χ4n) is 12.8. The molecule has 5 fully saturated rings. The van der Waals surface area contributed by atoms with E-state index in [9.17, 15) is 48.6 Å². The van der Waals surface area contributed by atoms with E-state index in [-0.39, 0.29) is 64.6 Å². The van der Waals surface area contributed by atoms with Gasteiger partial charge in [0.05, 0.1) is 29.4 Å². The lowest BCUT2D eigenvalue weighted by Crippen LogP contribution is -2.64. The van der Waals surface area contributed by atoms with Crippen LogP contribution < -0.4 is 70.0 Å². The predicted octanol–water partition coefficient (Wildman–Crippen LogP) is -2.00. The molecule has 1 aliphatic carbocycles. The Morgan fingerprint density at radius 2 is 1.27 bits per heavy atom. The monoisotopic (exact) mass is 1470 g/mol. The molecule has 36 heteroatoms. The number of hydrogen-bond donors (Lipinski definition) is 16. The van der Waals surface area contributed by atoms with Gasteiger partial charge in [0.25, 0.3) is 11.8 Å². The number of aliphatic hydroxyl groups is 2. The van der Waals surface area contributed by atoms with Gasteiger partial charge in [-0.2, -0.15) is 0 Å². The molecule has 32 nitrogen and oxygen atoms in total. The molecule has 18 N–H and O–H groups in total. The van der Waals surface area contributed by atoms with Crippen molar-refractivity contribution in [3.05, 3.63) is 0 Å². The maximum atomic E-state index is 15.7. The van der Waals surface area contributed by atoms with E-state index in [1.807, 2.05) is 0 Å². The quantitative estimate of drug-likeness (QED) is 0.0241. The van der Waals surface area contributed by atoms with Gasteiger partial charge in [0.15, 0.2) is 11.3 Å². The smallest absolute Gasteiger partial charge is 0.256 e. The van der Waals surface area contributed by atoms with Crippen LogP contribution in [0.4, 0.5) is 8.78 Å². The van der Waals surface area contributed by atoms with Gasteiger partial charge in [0, 0.05) is 32.6 Å². The fraction of sp³-hybridized carbons (Fsp3) is 0.785. The number of likely N-dealkylation sites (N-methyl/N-ethyl adjacent to an activating group) is 1. The van der Waals surface area contributed by atoms with E-state index in [0.29, 0.717) is 30.1 Å². The fourth-order valence-corrected chi connectivity index (χ4v) is 15.5. The maximum absolute atomic E-state index is 15.7. The predicted molar refractivity (Wildman–Crippen MR) is 372 cm³/mol. The molecule has 5 aliphatic rings. The Labute approximate surface area is 596 Å².